The minimum absolute atomic E-state index is 0.0362. The zero-order chi connectivity index (χ0) is 18.5. The van der Waals surface area contributed by atoms with Gasteiger partial charge < -0.3 is 16.0 Å². The number of hydrogen-bond acceptors (Lipinski definition) is 3. The van der Waals surface area contributed by atoms with E-state index in [1.807, 2.05) is 47.4 Å². The molecule has 5 nitrogen and oxygen atoms in total. The van der Waals surface area contributed by atoms with Gasteiger partial charge in [-0.25, -0.2) is 0 Å². The third-order valence-electron chi connectivity index (χ3n) is 5.24. The van der Waals surface area contributed by atoms with Gasteiger partial charge >= 0.3 is 0 Å². The minimum Gasteiger partial charge on any atom is -0.347 e. The number of fused-ring (bicyclic) bond motifs is 1. The summed E-state index contributed by atoms with van der Waals surface area (Å²) in [5.41, 5.74) is 6.80. The Morgan fingerprint density at radius 1 is 1.19 bits per heavy atom. The van der Waals surface area contributed by atoms with Crippen molar-refractivity contribution in [2.45, 2.75) is 32.2 Å². The van der Waals surface area contributed by atoms with E-state index in [9.17, 15) is 9.59 Å². The van der Waals surface area contributed by atoms with Gasteiger partial charge in [-0.05, 0) is 35.1 Å². The summed E-state index contributed by atoms with van der Waals surface area (Å²) in [4.78, 5) is 26.7. The fraction of sp³-hybridized carbons (Fsp3) is 0.429. The smallest absolute Gasteiger partial charge is 0.242 e. The Morgan fingerprint density at radius 3 is 2.77 bits per heavy atom. The standard InChI is InChI=1S/C21H27N3O2/c1-15-9-10-24(18(11-15)13-22)21(26)14-23-20(25)12-17-7-4-6-16-5-2-3-8-19(16)17/h2-8,15,18H,9-14,22H2,1H3,(H,23,25). The van der Waals surface area contributed by atoms with E-state index in [0.29, 0.717) is 12.5 Å². The quantitative estimate of drug-likeness (QED) is 0.864. The summed E-state index contributed by atoms with van der Waals surface area (Å²) in [5, 5.41) is 4.96. The van der Waals surface area contributed by atoms with Gasteiger partial charge in [0.15, 0.2) is 0 Å². The monoisotopic (exact) mass is 353 g/mol. The Labute approximate surface area is 154 Å². The number of piperidine rings is 1. The van der Waals surface area contributed by atoms with Crippen LogP contribution in [0.1, 0.15) is 25.3 Å². The summed E-state index contributed by atoms with van der Waals surface area (Å²) in [6, 6.07) is 14.0. The van der Waals surface area contributed by atoms with E-state index in [-0.39, 0.29) is 30.8 Å². The van der Waals surface area contributed by atoms with Gasteiger partial charge in [0.25, 0.3) is 0 Å². The molecule has 0 saturated carbocycles. The predicted octanol–water partition coefficient (Wildman–Crippen LogP) is 2.08. The molecule has 1 heterocycles. The molecule has 2 aromatic rings. The van der Waals surface area contributed by atoms with Crippen molar-refractivity contribution in [3.63, 3.8) is 0 Å². The first-order valence-electron chi connectivity index (χ1n) is 9.31. The van der Waals surface area contributed by atoms with Crippen LogP contribution in [0.15, 0.2) is 42.5 Å². The Bertz CT molecular complexity index is 784. The Balaban J connectivity index is 1.57. The molecule has 0 radical (unpaired) electrons. The number of nitrogens with two attached hydrogens (primary N) is 1. The second-order valence-electron chi connectivity index (χ2n) is 7.20. The molecule has 0 bridgehead atoms. The summed E-state index contributed by atoms with van der Waals surface area (Å²) in [7, 11) is 0. The molecule has 2 atom stereocenters. The van der Waals surface area contributed by atoms with Crippen molar-refractivity contribution in [3.8, 4) is 0 Å². The summed E-state index contributed by atoms with van der Waals surface area (Å²) < 4.78 is 0. The minimum atomic E-state index is -0.135. The molecule has 1 aliphatic heterocycles. The lowest BCUT2D eigenvalue weighted by Crippen LogP contribution is -2.52. The fourth-order valence-corrected chi connectivity index (χ4v) is 3.76. The lowest BCUT2D eigenvalue weighted by Gasteiger charge is -2.38. The molecule has 2 aromatic carbocycles. The van der Waals surface area contributed by atoms with E-state index < -0.39 is 0 Å². The van der Waals surface area contributed by atoms with Crippen LogP contribution in [-0.4, -0.2) is 42.4 Å². The molecule has 2 amide bonds. The predicted molar refractivity (Wildman–Crippen MR) is 104 cm³/mol. The maximum absolute atomic E-state index is 12.5. The highest BCUT2D eigenvalue weighted by Crippen LogP contribution is 2.22. The van der Waals surface area contributed by atoms with Gasteiger partial charge in [0.05, 0.1) is 13.0 Å². The van der Waals surface area contributed by atoms with Gasteiger partial charge in [-0.15, -0.1) is 0 Å². The second-order valence-corrected chi connectivity index (χ2v) is 7.20. The van der Waals surface area contributed by atoms with Crippen LogP contribution in [0.3, 0.4) is 0 Å². The van der Waals surface area contributed by atoms with Gasteiger partial charge in [0, 0.05) is 19.1 Å². The lowest BCUT2D eigenvalue weighted by atomic mass is 9.92. The summed E-state index contributed by atoms with van der Waals surface area (Å²) >= 11 is 0. The first-order chi connectivity index (χ1) is 12.6. The molecule has 3 N–H and O–H groups in total. The molecule has 0 spiro atoms. The topological polar surface area (TPSA) is 75.4 Å². The third-order valence-corrected chi connectivity index (χ3v) is 5.24. The number of carbonyl (C=O) groups is 2. The largest absolute Gasteiger partial charge is 0.347 e. The van der Waals surface area contributed by atoms with Crippen molar-refractivity contribution in [1.82, 2.24) is 10.2 Å². The number of hydrogen-bond donors (Lipinski definition) is 2. The molecule has 2 unspecified atom stereocenters. The molecule has 0 aromatic heterocycles. The SMILES string of the molecule is CC1CCN(C(=O)CNC(=O)Cc2cccc3ccccc23)C(CN)C1. The number of benzene rings is 2. The van der Waals surface area contributed by atoms with Crippen LogP contribution in [0.5, 0.6) is 0 Å². The summed E-state index contributed by atoms with van der Waals surface area (Å²) in [6.07, 6.45) is 2.20. The molecule has 3 rings (SSSR count). The number of rotatable bonds is 5. The van der Waals surface area contributed by atoms with E-state index in [1.165, 1.54) is 0 Å². The lowest BCUT2D eigenvalue weighted by molar-refractivity contribution is -0.136. The van der Waals surface area contributed by atoms with E-state index in [0.717, 1.165) is 35.7 Å². The van der Waals surface area contributed by atoms with Crippen LogP contribution in [0.2, 0.25) is 0 Å². The van der Waals surface area contributed by atoms with Gasteiger partial charge in [-0.3, -0.25) is 9.59 Å². The van der Waals surface area contributed by atoms with E-state index >= 15 is 0 Å². The number of amides is 2. The van der Waals surface area contributed by atoms with Crippen molar-refractivity contribution in [3.05, 3.63) is 48.0 Å². The third kappa shape index (κ3) is 4.22. The van der Waals surface area contributed by atoms with Gasteiger partial charge in [-0.2, -0.15) is 0 Å². The van der Waals surface area contributed by atoms with Crippen LogP contribution in [0.25, 0.3) is 10.8 Å². The molecular weight excluding hydrogens is 326 g/mol. The zero-order valence-corrected chi connectivity index (χ0v) is 15.3. The van der Waals surface area contributed by atoms with Crippen molar-refractivity contribution in [2.24, 2.45) is 11.7 Å². The van der Waals surface area contributed by atoms with Gasteiger partial charge in [0.2, 0.25) is 11.8 Å². The maximum Gasteiger partial charge on any atom is 0.242 e. The first-order valence-corrected chi connectivity index (χ1v) is 9.31. The highest BCUT2D eigenvalue weighted by Gasteiger charge is 2.28. The second kappa shape index (κ2) is 8.32. The Hall–Kier alpha value is -2.40. The van der Waals surface area contributed by atoms with E-state index in [1.54, 1.807) is 0 Å². The first kappa shape index (κ1) is 18.4. The normalized spacial score (nSPS) is 20.2. The Morgan fingerprint density at radius 2 is 1.96 bits per heavy atom. The molecule has 138 valence electrons. The number of nitrogens with zero attached hydrogens (tertiary/aromatic N) is 1. The molecule has 1 aliphatic rings. The molecule has 5 heteroatoms. The van der Waals surface area contributed by atoms with Crippen molar-refractivity contribution < 1.29 is 9.59 Å². The number of nitrogens with one attached hydrogen (secondary N) is 1. The number of likely N-dealkylation sites (tertiary alicyclic amines) is 1. The average Bonchev–Trinajstić information content (AvgIpc) is 2.66. The maximum atomic E-state index is 12.5. The van der Waals surface area contributed by atoms with Crippen molar-refractivity contribution >= 4 is 22.6 Å². The molecule has 1 saturated heterocycles. The van der Waals surface area contributed by atoms with Crippen LogP contribution in [0.4, 0.5) is 0 Å². The highest BCUT2D eigenvalue weighted by atomic mass is 16.2. The van der Waals surface area contributed by atoms with Crippen molar-refractivity contribution in [2.75, 3.05) is 19.6 Å². The van der Waals surface area contributed by atoms with Crippen LogP contribution in [0, 0.1) is 5.92 Å². The van der Waals surface area contributed by atoms with Gasteiger partial charge in [0.1, 0.15) is 0 Å². The summed E-state index contributed by atoms with van der Waals surface area (Å²) in [5.74, 6) is 0.413. The van der Waals surface area contributed by atoms with E-state index in [2.05, 4.69) is 12.2 Å². The number of carbonyl (C=O) groups excluding carboxylic acids is 2. The summed E-state index contributed by atoms with van der Waals surface area (Å²) in [6.45, 7) is 3.42. The van der Waals surface area contributed by atoms with Crippen LogP contribution >= 0.6 is 0 Å². The molecule has 26 heavy (non-hydrogen) atoms. The highest BCUT2D eigenvalue weighted by molar-refractivity contribution is 5.91. The zero-order valence-electron chi connectivity index (χ0n) is 15.3. The van der Waals surface area contributed by atoms with Crippen LogP contribution < -0.4 is 11.1 Å². The van der Waals surface area contributed by atoms with Gasteiger partial charge in [-0.1, -0.05) is 49.4 Å². The average molecular weight is 353 g/mol. The molecule has 0 aliphatic carbocycles. The molecular formula is C21H27N3O2. The molecule has 1 fully saturated rings. The van der Waals surface area contributed by atoms with E-state index in [4.69, 9.17) is 5.73 Å². The van der Waals surface area contributed by atoms with Crippen molar-refractivity contribution in [1.29, 1.82) is 0 Å². The van der Waals surface area contributed by atoms with Crippen LogP contribution in [-0.2, 0) is 16.0 Å². The fourth-order valence-electron chi connectivity index (χ4n) is 3.76. The Kier molecular flexibility index (Phi) is 5.89.